The highest BCUT2D eigenvalue weighted by atomic mass is 16.5. The Hall–Kier alpha value is -1.62. The lowest BCUT2D eigenvalue weighted by Crippen LogP contribution is -2.49. The van der Waals surface area contributed by atoms with Crippen LogP contribution in [0.25, 0.3) is 0 Å². The molecule has 0 atom stereocenters. The van der Waals surface area contributed by atoms with Crippen molar-refractivity contribution in [1.82, 2.24) is 10.3 Å². The van der Waals surface area contributed by atoms with Crippen LogP contribution in [0.1, 0.15) is 29.8 Å². The topological polar surface area (TPSA) is 63.2 Å². The maximum Gasteiger partial charge on any atom is 0.270 e. The van der Waals surface area contributed by atoms with Crippen molar-refractivity contribution in [2.45, 2.75) is 24.9 Å². The average Bonchev–Trinajstić information content (AvgIpc) is 2.38. The van der Waals surface area contributed by atoms with Crippen LogP contribution in [0.2, 0.25) is 0 Å². The average molecular weight is 249 g/mol. The van der Waals surface area contributed by atoms with Crippen LogP contribution in [0.15, 0.2) is 18.3 Å². The number of amides is 1. The van der Waals surface area contributed by atoms with Crippen molar-refractivity contribution in [3.63, 3.8) is 0 Å². The molecule has 1 heterocycles. The first-order chi connectivity index (χ1) is 8.69. The van der Waals surface area contributed by atoms with Gasteiger partial charge in [0.25, 0.3) is 5.91 Å². The molecule has 0 unspecified atom stereocenters. The Bertz CT molecular complexity index is 424. The van der Waals surface area contributed by atoms with Gasteiger partial charge in [0.05, 0.1) is 5.60 Å². The molecule has 5 nitrogen and oxygen atoms in total. The third-order valence-electron chi connectivity index (χ3n) is 3.55. The van der Waals surface area contributed by atoms with E-state index in [9.17, 15) is 4.79 Å². The van der Waals surface area contributed by atoms with Gasteiger partial charge in [-0.15, -0.1) is 0 Å². The molecule has 0 saturated heterocycles. The van der Waals surface area contributed by atoms with Gasteiger partial charge in [0.2, 0.25) is 0 Å². The lowest BCUT2D eigenvalue weighted by atomic mass is 9.80. The Morgan fingerprint density at radius 3 is 2.89 bits per heavy atom. The summed E-state index contributed by atoms with van der Waals surface area (Å²) in [6.45, 7) is 0.549. The van der Waals surface area contributed by atoms with Gasteiger partial charge in [0, 0.05) is 32.6 Å². The minimum atomic E-state index is -0.157. The van der Waals surface area contributed by atoms with E-state index in [4.69, 9.17) is 4.74 Å². The summed E-state index contributed by atoms with van der Waals surface area (Å²) in [4.78, 5) is 16.0. The van der Waals surface area contributed by atoms with Gasteiger partial charge >= 0.3 is 0 Å². The molecule has 0 aliphatic heterocycles. The molecule has 5 heteroatoms. The number of ether oxygens (including phenoxy) is 1. The molecule has 2 rings (SSSR count). The van der Waals surface area contributed by atoms with E-state index in [1.165, 1.54) is 0 Å². The highest BCUT2D eigenvalue weighted by molar-refractivity contribution is 5.93. The van der Waals surface area contributed by atoms with Crippen LogP contribution >= 0.6 is 0 Å². The van der Waals surface area contributed by atoms with E-state index in [2.05, 4.69) is 15.6 Å². The third-order valence-corrected chi connectivity index (χ3v) is 3.55. The van der Waals surface area contributed by atoms with E-state index in [0.29, 0.717) is 12.2 Å². The van der Waals surface area contributed by atoms with Gasteiger partial charge in [-0.2, -0.15) is 0 Å². The Kier molecular flexibility index (Phi) is 3.81. The predicted molar refractivity (Wildman–Crippen MR) is 69.7 cm³/mol. The number of carbonyl (C=O) groups excluding carboxylic acids is 1. The molecule has 2 N–H and O–H groups in total. The molecule has 1 fully saturated rings. The second-order valence-electron chi connectivity index (χ2n) is 4.60. The van der Waals surface area contributed by atoms with Crippen LogP contribution in [0.3, 0.4) is 0 Å². The number of hydrogen-bond donors (Lipinski definition) is 2. The zero-order chi connectivity index (χ0) is 13.0. The Labute approximate surface area is 107 Å². The lowest BCUT2D eigenvalue weighted by molar-refractivity contribution is -0.0679. The van der Waals surface area contributed by atoms with Crippen molar-refractivity contribution < 1.29 is 9.53 Å². The van der Waals surface area contributed by atoms with E-state index in [1.807, 2.05) is 13.1 Å². The molecule has 98 valence electrons. The SMILES string of the molecule is CNc1ccnc(C(=O)NCC2(OC)CCC2)c1. The largest absolute Gasteiger partial charge is 0.388 e. The summed E-state index contributed by atoms with van der Waals surface area (Å²) in [6.07, 6.45) is 4.80. The fraction of sp³-hybridized carbons (Fsp3) is 0.538. The molecule has 18 heavy (non-hydrogen) atoms. The van der Waals surface area contributed by atoms with Crippen molar-refractivity contribution >= 4 is 11.6 Å². The highest BCUT2D eigenvalue weighted by Gasteiger charge is 2.37. The number of hydrogen-bond acceptors (Lipinski definition) is 4. The fourth-order valence-corrected chi connectivity index (χ4v) is 2.07. The van der Waals surface area contributed by atoms with Crippen LogP contribution in [0, 0.1) is 0 Å². The number of rotatable bonds is 5. The lowest BCUT2D eigenvalue weighted by Gasteiger charge is -2.40. The number of nitrogens with zero attached hydrogens (tertiary/aromatic N) is 1. The molecule has 1 aromatic rings. The van der Waals surface area contributed by atoms with Gasteiger partial charge < -0.3 is 15.4 Å². The van der Waals surface area contributed by atoms with E-state index < -0.39 is 0 Å². The van der Waals surface area contributed by atoms with Crippen molar-refractivity contribution in [3.8, 4) is 0 Å². The quantitative estimate of drug-likeness (QED) is 0.828. The molecule has 1 aromatic heterocycles. The van der Waals surface area contributed by atoms with Crippen LogP contribution in [-0.4, -0.2) is 37.2 Å². The molecule has 0 radical (unpaired) electrons. The number of aromatic nitrogens is 1. The van der Waals surface area contributed by atoms with Crippen molar-refractivity contribution in [1.29, 1.82) is 0 Å². The number of carbonyl (C=O) groups is 1. The standard InChI is InChI=1S/C13H19N3O2/c1-14-10-4-7-15-11(8-10)12(17)16-9-13(18-2)5-3-6-13/h4,7-8H,3,5-6,9H2,1-2H3,(H,14,15)(H,16,17). The summed E-state index contributed by atoms with van der Waals surface area (Å²) in [6, 6.07) is 3.55. The molecular formula is C13H19N3O2. The Balaban J connectivity index is 1.95. The molecule has 1 aliphatic rings. The molecule has 0 aromatic carbocycles. The zero-order valence-electron chi connectivity index (χ0n) is 10.8. The second-order valence-corrected chi connectivity index (χ2v) is 4.60. The summed E-state index contributed by atoms with van der Waals surface area (Å²) >= 11 is 0. The van der Waals surface area contributed by atoms with Crippen LogP contribution in [-0.2, 0) is 4.74 Å². The molecule has 1 aliphatic carbocycles. The van der Waals surface area contributed by atoms with Gasteiger partial charge in [0.15, 0.2) is 0 Å². The second kappa shape index (κ2) is 5.35. The summed E-state index contributed by atoms with van der Waals surface area (Å²) in [5.74, 6) is -0.157. The van der Waals surface area contributed by atoms with Gasteiger partial charge in [0.1, 0.15) is 5.69 Å². The predicted octanol–water partition coefficient (Wildman–Crippen LogP) is 1.42. The van der Waals surface area contributed by atoms with E-state index in [-0.39, 0.29) is 11.5 Å². The van der Waals surface area contributed by atoms with E-state index in [0.717, 1.165) is 24.9 Å². The molecule has 1 saturated carbocycles. The van der Waals surface area contributed by atoms with Crippen molar-refractivity contribution in [2.24, 2.45) is 0 Å². The Morgan fingerprint density at radius 1 is 1.56 bits per heavy atom. The summed E-state index contributed by atoms with van der Waals surface area (Å²) < 4.78 is 5.46. The maximum absolute atomic E-state index is 12.0. The van der Waals surface area contributed by atoms with Crippen LogP contribution < -0.4 is 10.6 Å². The van der Waals surface area contributed by atoms with Gasteiger partial charge in [-0.3, -0.25) is 9.78 Å². The van der Waals surface area contributed by atoms with E-state index >= 15 is 0 Å². The van der Waals surface area contributed by atoms with Gasteiger partial charge in [-0.1, -0.05) is 0 Å². The summed E-state index contributed by atoms with van der Waals surface area (Å²) in [5.41, 5.74) is 1.14. The first-order valence-corrected chi connectivity index (χ1v) is 6.16. The molecule has 0 spiro atoms. The fourth-order valence-electron chi connectivity index (χ4n) is 2.07. The minimum absolute atomic E-state index is 0.156. The van der Waals surface area contributed by atoms with Crippen molar-refractivity contribution in [2.75, 3.05) is 26.0 Å². The normalized spacial score (nSPS) is 16.8. The van der Waals surface area contributed by atoms with Crippen LogP contribution in [0.4, 0.5) is 5.69 Å². The zero-order valence-corrected chi connectivity index (χ0v) is 10.8. The first kappa shape index (κ1) is 12.8. The van der Waals surface area contributed by atoms with Crippen LogP contribution in [0.5, 0.6) is 0 Å². The Morgan fingerprint density at radius 2 is 2.33 bits per heavy atom. The van der Waals surface area contributed by atoms with Crippen molar-refractivity contribution in [3.05, 3.63) is 24.0 Å². The monoisotopic (exact) mass is 249 g/mol. The number of pyridine rings is 1. The maximum atomic E-state index is 12.0. The molecular weight excluding hydrogens is 230 g/mol. The first-order valence-electron chi connectivity index (χ1n) is 6.16. The number of nitrogens with one attached hydrogen (secondary N) is 2. The summed E-state index contributed by atoms with van der Waals surface area (Å²) in [7, 11) is 3.51. The molecule has 0 bridgehead atoms. The van der Waals surface area contributed by atoms with E-state index in [1.54, 1.807) is 19.4 Å². The highest BCUT2D eigenvalue weighted by Crippen LogP contribution is 2.34. The number of methoxy groups -OCH3 is 1. The smallest absolute Gasteiger partial charge is 0.270 e. The number of anilines is 1. The van der Waals surface area contributed by atoms with Gasteiger partial charge in [-0.05, 0) is 31.4 Å². The minimum Gasteiger partial charge on any atom is -0.388 e. The molecule has 1 amide bonds. The van der Waals surface area contributed by atoms with Gasteiger partial charge in [-0.25, -0.2) is 0 Å². The third kappa shape index (κ3) is 2.61. The summed E-state index contributed by atoms with van der Waals surface area (Å²) in [5, 5.41) is 5.87.